The lowest BCUT2D eigenvalue weighted by molar-refractivity contribution is -0.257. The van der Waals surface area contributed by atoms with E-state index in [0.29, 0.717) is 5.69 Å². The summed E-state index contributed by atoms with van der Waals surface area (Å²) in [6.45, 7) is 0. The quantitative estimate of drug-likeness (QED) is 0.446. The Bertz CT molecular complexity index is 359. The van der Waals surface area contributed by atoms with E-state index in [-0.39, 0.29) is 23.7 Å². The monoisotopic (exact) mass is 191 g/mol. The van der Waals surface area contributed by atoms with E-state index in [0.717, 1.165) is 4.57 Å². The number of rotatable bonds is 0. The van der Waals surface area contributed by atoms with Crippen molar-refractivity contribution in [3.63, 3.8) is 0 Å². The van der Waals surface area contributed by atoms with Crippen molar-refractivity contribution < 1.29 is 18.1 Å². The van der Waals surface area contributed by atoms with Crippen LogP contribution in [0.15, 0.2) is 15.8 Å². The van der Waals surface area contributed by atoms with Crippen molar-refractivity contribution in [2.24, 2.45) is 14.1 Å². The van der Waals surface area contributed by atoms with Crippen molar-refractivity contribution in [2.45, 2.75) is 0 Å². The maximum Gasteiger partial charge on any atom is 0.330 e. The van der Waals surface area contributed by atoms with Gasteiger partial charge in [0.25, 0.3) is 0 Å². The molecule has 0 amide bonds. The lowest BCUT2D eigenvalue weighted by Gasteiger charge is -1.99. The van der Waals surface area contributed by atoms with E-state index in [2.05, 4.69) is 5.73 Å². The maximum atomic E-state index is 11.0. The van der Waals surface area contributed by atoms with E-state index in [1.54, 1.807) is 7.05 Å². The molecule has 0 aliphatic heterocycles. The zero-order chi connectivity index (χ0) is 8.59. The van der Waals surface area contributed by atoms with Crippen LogP contribution in [0.2, 0.25) is 0 Å². The Morgan fingerprint density at radius 3 is 2.33 bits per heavy atom. The van der Waals surface area contributed by atoms with Gasteiger partial charge in [-0.2, -0.15) is 0 Å². The van der Waals surface area contributed by atoms with Gasteiger partial charge < -0.3 is 18.1 Å². The molecule has 3 N–H and O–H groups in total. The number of hydrogen-bond donors (Lipinski definition) is 1. The third-order valence-corrected chi connectivity index (χ3v) is 1.52. The molecule has 68 valence electrons. The molecular weight excluding hydrogens is 182 g/mol. The van der Waals surface area contributed by atoms with E-state index in [9.17, 15) is 9.59 Å². The van der Waals surface area contributed by atoms with E-state index in [4.69, 9.17) is 0 Å². The molecule has 0 saturated heterocycles. The molecule has 1 aromatic heterocycles. The van der Waals surface area contributed by atoms with Crippen LogP contribution in [0.3, 0.4) is 0 Å². The second-order valence-corrected chi connectivity index (χ2v) is 2.41. The third-order valence-electron chi connectivity index (χ3n) is 1.52. The fourth-order valence-electron chi connectivity index (χ4n) is 0.883. The van der Waals surface area contributed by atoms with Crippen LogP contribution in [0, 0.1) is 0 Å². The lowest BCUT2D eigenvalue weighted by atomic mass is 10.5. The first-order valence-corrected chi connectivity index (χ1v) is 3.12. The summed E-state index contributed by atoms with van der Waals surface area (Å²) in [6.07, 6.45) is 1.42. The highest BCUT2D eigenvalue weighted by atomic mass is 35.5. The Hall–Kier alpha value is -1.07. The summed E-state index contributed by atoms with van der Waals surface area (Å²) < 4.78 is 2.35. The van der Waals surface area contributed by atoms with E-state index in [1.807, 2.05) is 0 Å². The molecule has 0 bridgehead atoms. The average Bonchev–Trinajstić information content (AvgIpc) is 1.97. The average molecular weight is 192 g/mol. The minimum absolute atomic E-state index is 0. The molecule has 0 atom stereocenters. The smallest absolute Gasteiger partial charge is 0.330 e. The number of aromatic nitrogens is 2. The Kier molecular flexibility index (Phi) is 3.24. The summed E-state index contributed by atoms with van der Waals surface area (Å²) >= 11 is 0. The van der Waals surface area contributed by atoms with Gasteiger partial charge in [-0.1, -0.05) is 0 Å². The van der Waals surface area contributed by atoms with E-state index in [1.165, 1.54) is 17.8 Å². The van der Waals surface area contributed by atoms with Gasteiger partial charge in [-0.25, -0.2) is 4.79 Å². The predicted molar refractivity (Wildman–Crippen MR) is 39.5 cm³/mol. The zero-order valence-electron chi connectivity index (χ0n) is 6.87. The molecule has 1 heterocycles. The fraction of sp³-hybridized carbons (Fsp3) is 0.333. The van der Waals surface area contributed by atoms with Gasteiger partial charge in [0.15, 0.2) is 0 Å². The molecule has 0 fully saturated rings. The molecule has 5 nitrogen and oxygen atoms in total. The second-order valence-electron chi connectivity index (χ2n) is 2.41. The van der Waals surface area contributed by atoms with Crippen molar-refractivity contribution >= 4 is 5.69 Å². The Balaban J connectivity index is 0.00000121. The van der Waals surface area contributed by atoms with Crippen LogP contribution >= 0.6 is 0 Å². The minimum Gasteiger partial charge on any atom is -1.00 e. The molecule has 0 aliphatic rings. The van der Waals surface area contributed by atoms with Gasteiger partial charge >= 0.3 is 11.2 Å². The summed E-state index contributed by atoms with van der Waals surface area (Å²) in [5.41, 5.74) is 3.15. The van der Waals surface area contributed by atoms with Crippen LogP contribution in [-0.4, -0.2) is 9.13 Å². The van der Waals surface area contributed by atoms with E-state index >= 15 is 0 Å². The van der Waals surface area contributed by atoms with Gasteiger partial charge in [-0.15, -0.1) is 0 Å². The SMILES string of the molecule is Cn1cc([NH3+])c(=O)n(C)c1=O.[Cl-]. The molecule has 1 rings (SSSR count). The number of nitrogens with zero attached hydrogens (tertiary/aromatic N) is 2. The van der Waals surface area contributed by atoms with Gasteiger partial charge in [0, 0.05) is 14.1 Å². The van der Waals surface area contributed by atoms with Crippen molar-refractivity contribution in [1.29, 1.82) is 0 Å². The number of hydrogen-bond acceptors (Lipinski definition) is 2. The molecule has 0 aliphatic carbocycles. The Labute approximate surface area is 74.8 Å². The summed E-state index contributed by atoms with van der Waals surface area (Å²) in [4.78, 5) is 22.1. The normalized spacial score (nSPS) is 9.25. The van der Waals surface area contributed by atoms with Crippen LogP contribution < -0.4 is 29.4 Å². The summed E-state index contributed by atoms with van der Waals surface area (Å²) in [5, 5.41) is 0. The van der Waals surface area contributed by atoms with Crippen LogP contribution in [0.4, 0.5) is 5.69 Å². The standard InChI is InChI=1S/C6H9N3O2.ClH/c1-8-3-4(7)5(10)9(2)6(8)11;/h3H,7H2,1-2H3;1H. The lowest BCUT2D eigenvalue weighted by Crippen LogP contribution is -3.00. The van der Waals surface area contributed by atoms with Crippen molar-refractivity contribution in [3.8, 4) is 0 Å². The van der Waals surface area contributed by atoms with Gasteiger partial charge in [0.05, 0.1) is 6.20 Å². The highest BCUT2D eigenvalue weighted by Gasteiger charge is 2.04. The topological polar surface area (TPSA) is 71.6 Å². The fourth-order valence-corrected chi connectivity index (χ4v) is 0.883. The highest BCUT2D eigenvalue weighted by molar-refractivity contribution is 5.18. The van der Waals surface area contributed by atoms with Crippen LogP contribution in [0.25, 0.3) is 0 Å². The number of aryl methyl sites for hydroxylation is 1. The second kappa shape index (κ2) is 3.55. The predicted octanol–water partition coefficient (Wildman–Crippen LogP) is -5.04. The molecule has 0 radical (unpaired) electrons. The number of halogens is 1. The first-order valence-electron chi connectivity index (χ1n) is 3.12. The summed E-state index contributed by atoms with van der Waals surface area (Å²) in [7, 11) is 3.01. The van der Waals surface area contributed by atoms with Gasteiger partial charge in [0.2, 0.25) is 5.69 Å². The first kappa shape index (κ1) is 10.9. The Morgan fingerprint density at radius 1 is 1.33 bits per heavy atom. The van der Waals surface area contributed by atoms with Crippen molar-refractivity contribution in [3.05, 3.63) is 27.0 Å². The third kappa shape index (κ3) is 1.57. The molecular formula is C6H10ClN3O2. The molecule has 0 unspecified atom stereocenters. The zero-order valence-corrected chi connectivity index (χ0v) is 7.63. The van der Waals surface area contributed by atoms with Crippen molar-refractivity contribution in [1.82, 2.24) is 9.13 Å². The molecule has 0 saturated carbocycles. The van der Waals surface area contributed by atoms with Crippen LogP contribution in [0.5, 0.6) is 0 Å². The summed E-state index contributed by atoms with van der Waals surface area (Å²) in [5.74, 6) is 0. The molecule has 12 heavy (non-hydrogen) atoms. The van der Waals surface area contributed by atoms with Crippen LogP contribution in [0.1, 0.15) is 0 Å². The number of quaternary nitrogens is 1. The van der Waals surface area contributed by atoms with E-state index < -0.39 is 0 Å². The molecule has 0 aromatic carbocycles. The largest absolute Gasteiger partial charge is 1.00 e. The highest BCUT2D eigenvalue weighted by Crippen LogP contribution is 1.80. The van der Waals surface area contributed by atoms with Gasteiger partial charge in [-0.3, -0.25) is 13.9 Å². The Morgan fingerprint density at radius 2 is 1.83 bits per heavy atom. The first-order chi connectivity index (χ1) is 5.04. The van der Waals surface area contributed by atoms with Gasteiger partial charge in [0.1, 0.15) is 0 Å². The maximum absolute atomic E-state index is 11.0. The molecule has 1 aromatic rings. The minimum atomic E-state index is -0.340. The summed E-state index contributed by atoms with van der Waals surface area (Å²) in [6, 6.07) is 0. The van der Waals surface area contributed by atoms with Crippen molar-refractivity contribution in [2.75, 3.05) is 0 Å². The molecule has 6 heteroatoms. The van der Waals surface area contributed by atoms with Crippen LogP contribution in [-0.2, 0) is 14.1 Å². The van der Waals surface area contributed by atoms with Gasteiger partial charge in [-0.05, 0) is 0 Å². The molecule has 0 spiro atoms.